The molecule has 4 heteroatoms. The molecular formula is C13H21NO2S. The van der Waals surface area contributed by atoms with Crippen molar-refractivity contribution in [1.82, 2.24) is 4.90 Å². The molecule has 0 bridgehead atoms. The van der Waals surface area contributed by atoms with E-state index in [1.54, 1.807) is 0 Å². The maximum atomic E-state index is 12.4. The summed E-state index contributed by atoms with van der Waals surface area (Å²) < 4.78 is 0. The van der Waals surface area contributed by atoms with Crippen LogP contribution in [0.25, 0.3) is 0 Å². The first-order valence-corrected chi connectivity index (χ1v) is 7.89. The van der Waals surface area contributed by atoms with Gasteiger partial charge >= 0.3 is 0 Å². The molecule has 3 rings (SSSR count). The van der Waals surface area contributed by atoms with Gasteiger partial charge in [0.15, 0.2) is 0 Å². The molecular weight excluding hydrogens is 234 g/mol. The van der Waals surface area contributed by atoms with E-state index >= 15 is 0 Å². The Bertz CT molecular complexity index is 304. The Kier molecular flexibility index (Phi) is 3.35. The molecule has 4 unspecified atom stereocenters. The Balaban J connectivity index is 1.60. The predicted octanol–water partition coefficient (Wildman–Crippen LogP) is 1.50. The fourth-order valence-corrected chi connectivity index (χ4v) is 4.84. The van der Waals surface area contributed by atoms with E-state index in [-0.39, 0.29) is 11.4 Å². The quantitative estimate of drug-likeness (QED) is 0.772. The minimum atomic E-state index is -0.156. The Morgan fingerprint density at radius 2 is 2.06 bits per heavy atom. The molecule has 4 atom stereocenters. The van der Waals surface area contributed by atoms with E-state index in [2.05, 4.69) is 0 Å². The van der Waals surface area contributed by atoms with Crippen LogP contribution in [0.5, 0.6) is 0 Å². The topological polar surface area (TPSA) is 40.5 Å². The van der Waals surface area contributed by atoms with Gasteiger partial charge in [0.2, 0.25) is 5.91 Å². The highest BCUT2D eigenvalue weighted by molar-refractivity contribution is 8.00. The number of aliphatic hydroxyl groups excluding tert-OH is 1. The third-order valence-corrected chi connectivity index (χ3v) is 5.95. The molecule has 0 aromatic rings. The van der Waals surface area contributed by atoms with Crippen LogP contribution in [0.4, 0.5) is 0 Å². The summed E-state index contributed by atoms with van der Waals surface area (Å²) in [7, 11) is 0. The lowest BCUT2D eigenvalue weighted by Crippen LogP contribution is -2.38. The summed E-state index contributed by atoms with van der Waals surface area (Å²) in [5.74, 6) is 2.42. The summed E-state index contributed by atoms with van der Waals surface area (Å²) in [6.45, 7) is 1.71. The average Bonchev–Trinajstić information content (AvgIpc) is 2.92. The van der Waals surface area contributed by atoms with Gasteiger partial charge in [0.25, 0.3) is 0 Å². The van der Waals surface area contributed by atoms with Gasteiger partial charge in [0.1, 0.15) is 0 Å². The molecule has 1 N–H and O–H groups in total. The van der Waals surface area contributed by atoms with Crippen molar-refractivity contribution in [2.24, 2.45) is 11.8 Å². The third kappa shape index (κ3) is 2.22. The van der Waals surface area contributed by atoms with Gasteiger partial charge in [0, 0.05) is 19.0 Å². The fraction of sp³-hybridized carbons (Fsp3) is 0.923. The maximum Gasteiger partial charge on any atom is 0.235 e. The standard InChI is InChI=1S/C13H21NO2S/c15-11-5-4-9-7-14(8-10(9)11)13(16)12-3-1-2-6-17-12/h9-12,15H,1-8H2. The Labute approximate surface area is 107 Å². The highest BCUT2D eigenvalue weighted by Gasteiger charge is 2.44. The van der Waals surface area contributed by atoms with Gasteiger partial charge in [-0.1, -0.05) is 6.42 Å². The Morgan fingerprint density at radius 3 is 2.76 bits per heavy atom. The number of hydrogen-bond acceptors (Lipinski definition) is 3. The normalized spacial score (nSPS) is 41.6. The number of aliphatic hydroxyl groups is 1. The molecule has 0 spiro atoms. The number of hydrogen-bond donors (Lipinski definition) is 1. The van der Waals surface area contributed by atoms with Crippen LogP contribution in [0.3, 0.4) is 0 Å². The van der Waals surface area contributed by atoms with Crippen LogP contribution < -0.4 is 0 Å². The second-order valence-electron chi connectivity index (χ2n) is 5.67. The molecule has 1 aliphatic carbocycles. The SMILES string of the molecule is O=C(C1CCCCS1)N1CC2CCC(O)C2C1. The van der Waals surface area contributed by atoms with E-state index in [1.165, 1.54) is 12.8 Å². The van der Waals surface area contributed by atoms with E-state index in [9.17, 15) is 9.90 Å². The summed E-state index contributed by atoms with van der Waals surface area (Å²) >= 11 is 1.83. The lowest BCUT2D eigenvalue weighted by molar-refractivity contribution is -0.130. The summed E-state index contributed by atoms with van der Waals surface area (Å²) in [6.07, 6.45) is 5.41. The molecule has 2 saturated heterocycles. The van der Waals surface area contributed by atoms with Gasteiger partial charge in [0.05, 0.1) is 11.4 Å². The minimum absolute atomic E-state index is 0.156. The molecule has 0 aromatic heterocycles. The monoisotopic (exact) mass is 255 g/mol. The van der Waals surface area contributed by atoms with Crippen LogP contribution >= 0.6 is 11.8 Å². The van der Waals surface area contributed by atoms with Crippen LogP contribution in [0.2, 0.25) is 0 Å². The number of carbonyl (C=O) groups is 1. The summed E-state index contributed by atoms with van der Waals surface area (Å²) in [5.41, 5.74) is 0. The zero-order chi connectivity index (χ0) is 11.8. The number of carbonyl (C=O) groups excluding carboxylic acids is 1. The molecule has 1 saturated carbocycles. The first-order chi connectivity index (χ1) is 8.25. The zero-order valence-electron chi connectivity index (χ0n) is 10.2. The van der Waals surface area contributed by atoms with Gasteiger partial charge in [-0.2, -0.15) is 0 Å². The summed E-state index contributed by atoms with van der Waals surface area (Å²) in [5, 5.41) is 10.1. The fourth-order valence-electron chi connectivity index (χ4n) is 3.56. The molecule has 0 radical (unpaired) electrons. The summed E-state index contributed by atoms with van der Waals surface area (Å²) in [4.78, 5) is 14.4. The predicted molar refractivity (Wildman–Crippen MR) is 68.9 cm³/mol. The Morgan fingerprint density at radius 1 is 1.18 bits per heavy atom. The first kappa shape index (κ1) is 11.8. The van der Waals surface area contributed by atoms with Crippen molar-refractivity contribution < 1.29 is 9.90 Å². The van der Waals surface area contributed by atoms with E-state index in [1.807, 2.05) is 16.7 Å². The van der Waals surface area contributed by atoms with Crippen molar-refractivity contribution in [2.45, 2.75) is 43.5 Å². The third-order valence-electron chi connectivity index (χ3n) is 4.59. The summed E-state index contributed by atoms with van der Waals surface area (Å²) in [6, 6.07) is 0. The molecule has 3 nitrogen and oxygen atoms in total. The van der Waals surface area contributed by atoms with Gasteiger partial charge in [-0.3, -0.25) is 4.79 Å². The molecule has 3 fully saturated rings. The molecule has 1 amide bonds. The van der Waals surface area contributed by atoms with Crippen molar-refractivity contribution >= 4 is 17.7 Å². The highest BCUT2D eigenvalue weighted by Crippen LogP contribution is 2.39. The van der Waals surface area contributed by atoms with Crippen LogP contribution in [0.1, 0.15) is 32.1 Å². The van der Waals surface area contributed by atoms with E-state index in [0.717, 1.165) is 38.1 Å². The second kappa shape index (κ2) is 4.81. The Hall–Kier alpha value is -0.220. The number of rotatable bonds is 1. The van der Waals surface area contributed by atoms with Crippen molar-refractivity contribution in [3.8, 4) is 0 Å². The molecule has 17 heavy (non-hydrogen) atoms. The van der Waals surface area contributed by atoms with Gasteiger partial charge in [-0.25, -0.2) is 0 Å². The number of likely N-dealkylation sites (tertiary alicyclic amines) is 1. The van der Waals surface area contributed by atoms with Gasteiger partial charge < -0.3 is 10.0 Å². The molecule has 96 valence electrons. The smallest absolute Gasteiger partial charge is 0.235 e. The van der Waals surface area contributed by atoms with Crippen LogP contribution in [0, 0.1) is 11.8 Å². The number of fused-ring (bicyclic) bond motifs is 1. The number of nitrogens with zero attached hydrogens (tertiary/aromatic N) is 1. The van der Waals surface area contributed by atoms with Crippen molar-refractivity contribution in [3.63, 3.8) is 0 Å². The second-order valence-corrected chi connectivity index (χ2v) is 6.98. The van der Waals surface area contributed by atoms with Gasteiger partial charge in [-0.05, 0) is 37.4 Å². The lowest BCUT2D eigenvalue weighted by Gasteiger charge is -2.26. The van der Waals surface area contributed by atoms with E-state index in [4.69, 9.17) is 0 Å². The van der Waals surface area contributed by atoms with Crippen molar-refractivity contribution in [2.75, 3.05) is 18.8 Å². The largest absolute Gasteiger partial charge is 0.393 e. The maximum absolute atomic E-state index is 12.4. The zero-order valence-corrected chi connectivity index (χ0v) is 11.0. The van der Waals surface area contributed by atoms with Crippen molar-refractivity contribution in [3.05, 3.63) is 0 Å². The van der Waals surface area contributed by atoms with E-state index in [0.29, 0.717) is 17.7 Å². The molecule has 3 aliphatic rings. The highest BCUT2D eigenvalue weighted by atomic mass is 32.2. The molecule has 0 aromatic carbocycles. The minimum Gasteiger partial charge on any atom is -0.393 e. The van der Waals surface area contributed by atoms with Crippen LogP contribution in [0.15, 0.2) is 0 Å². The van der Waals surface area contributed by atoms with Gasteiger partial charge in [-0.15, -0.1) is 11.8 Å². The number of amides is 1. The first-order valence-electron chi connectivity index (χ1n) is 6.84. The van der Waals surface area contributed by atoms with Crippen LogP contribution in [-0.4, -0.2) is 46.1 Å². The average molecular weight is 255 g/mol. The van der Waals surface area contributed by atoms with E-state index < -0.39 is 0 Å². The molecule has 2 heterocycles. The van der Waals surface area contributed by atoms with Crippen LogP contribution in [-0.2, 0) is 4.79 Å². The lowest BCUT2D eigenvalue weighted by atomic mass is 10.00. The number of thioether (sulfide) groups is 1. The molecule has 2 aliphatic heterocycles. The van der Waals surface area contributed by atoms with Crippen molar-refractivity contribution in [1.29, 1.82) is 0 Å².